The van der Waals surface area contributed by atoms with Crippen molar-refractivity contribution in [1.29, 1.82) is 0 Å². The Morgan fingerprint density at radius 1 is 1.53 bits per heavy atom. The Morgan fingerprint density at radius 2 is 2.27 bits per heavy atom. The van der Waals surface area contributed by atoms with E-state index in [1.165, 1.54) is 0 Å². The molecule has 0 fully saturated rings. The van der Waals surface area contributed by atoms with Crippen LogP contribution in [-0.4, -0.2) is 17.6 Å². The molecule has 0 aliphatic carbocycles. The molecule has 4 N–H and O–H groups in total. The van der Waals surface area contributed by atoms with Crippen molar-refractivity contribution >= 4 is 17.3 Å². The number of hydrogen-bond acceptors (Lipinski definition) is 3. The van der Waals surface area contributed by atoms with Crippen molar-refractivity contribution < 1.29 is 9.90 Å². The highest BCUT2D eigenvalue weighted by atomic mass is 16.3. The van der Waals surface area contributed by atoms with Crippen LogP contribution in [0, 0.1) is 6.92 Å². The maximum absolute atomic E-state index is 11.4. The molecular formula is C11H16N2O2. The first kappa shape index (κ1) is 11.5. The van der Waals surface area contributed by atoms with Crippen LogP contribution in [-0.2, 0) is 4.79 Å². The number of anilines is 2. The summed E-state index contributed by atoms with van der Waals surface area (Å²) in [6.45, 7) is 1.92. The van der Waals surface area contributed by atoms with E-state index in [4.69, 9.17) is 10.8 Å². The van der Waals surface area contributed by atoms with E-state index in [0.29, 0.717) is 18.5 Å². The zero-order chi connectivity index (χ0) is 11.3. The van der Waals surface area contributed by atoms with Crippen LogP contribution in [0.25, 0.3) is 0 Å². The van der Waals surface area contributed by atoms with Crippen LogP contribution in [0.4, 0.5) is 11.4 Å². The lowest BCUT2D eigenvalue weighted by Gasteiger charge is -2.08. The van der Waals surface area contributed by atoms with E-state index in [0.717, 1.165) is 11.3 Å². The van der Waals surface area contributed by atoms with Crippen molar-refractivity contribution in [3.8, 4) is 0 Å². The Bertz CT molecular complexity index is 350. The van der Waals surface area contributed by atoms with Gasteiger partial charge in [-0.15, -0.1) is 0 Å². The highest BCUT2D eigenvalue weighted by Gasteiger charge is 2.04. The summed E-state index contributed by atoms with van der Waals surface area (Å²) in [5, 5.41) is 11.3. The van der Waals surface area contributed by atoms with E-state index in [-0.39, 0.29) is 12.5 Å². The monoisotopic (exact) mass is 208 g/mol. The second-order valence-corrected chi connectivity index (χ2v) is 3.45. The fourth-order valence-corrected chi connectivity index (χ4v) is 1.28. The van der Waals surface area contributed by atoms with Crippen LogP contribution in [0.1, 0.15) is 18.4 Å². The molecule has 0 spiro atoms. The first-order valence-electron chi connectivity index (χ1n) is 4.90. The number of amides is 1. The number of benzene rings is 1. The molecule has 0 saturated carbocycles. The van der Waals surface area contributed by atoms with E-state index in [9.17, 15) is 4.79 Å². The summed E-state index contributed by atoms with van der Waals surface area (Å²) in [6.07, 6.45) is 0.820. The minimum Gasteiger partial charge on any atom is -0.399 e. The Balaban J connectivity index is 2.60. The fourth-order valence-electron chi connectivity index (χ4n) is 1.28. The molecule has 0 aliphatic rings. The van der Waals surface area contributed by atoms with Gasteiger partial charge in [0.1, 0.15) is 0 Å². The van der Waals surface area contributed by atoms with Gasteiger partial charge in [-0.2, -0.15) is 0 Å². The predicted molar refractivity (Wildman–Crippen MR) is 60.5 cm³/mol. The van der Waals surface area contributed by atoms with E-state index in [2.05, 4.69) is 5.32 Å². The number of nitrogens with two attached hydrogens (primary N) is 1. The van der Waals surface area contributed by atoms with Crippen molar-refractivity contribution in [1.82, 2.24) is 0 Å². The Hall–Kier alpha value is -1.55. The van der Waals surface area contributed by atoms with E-state index < -0.39 is 0 Å². The third kappa shape index (κ3) is 3.59. The summed E-state index contributed by atoms with van der Waals surface area (Å²) in [5.41, 5.74) is 7.98. The summed E-state index contributed by atoms with van der Waals surface area (Å²) in [6, 6.07) is 5.33. The minimum absolute atomic E-state index is 0.0359. The number of carbonyl (C=O) groups is 1. The normalized spacial score (nSPS) is 10.0. The average Bonchev–Trinajstić information content (AvgIpc) is 2.19. The van der Waals surface area contributed by atoms with E-state index in [1.54, 1.807) is 12.1 Å². The van der Waals surface area contributed by atoms with Crippen LogP contribution < -0.4 is 11.1 Å². The summed E-state index contributed by atoms with van der Waals surface area (Å²) < 4.78 is 0. The zero-order valence-corrected chi connectivity index (χ0v) is 8.79. The molecule has 15 heavy (non-hydrogen) atoms. The van der Waals surface area contributed by atoms with Crippen LogP contribution in [0.3, 0.4) is 0 Å². The third-order valence-electron chi connectivity index (χ3n) is 2.09. The van der Waals surface area contributed by atoms with Crippen molar-refractivity contribution in [3.05, 3.63) is 23.8 Å². The van der Waals surface area contributed by atoms with Crippen LogP contribution in [0.5, 0.6) is 0 Å². The number of hydrogen-bond donors (Lipinski definition) is 3. The van der Waals surface area contributed by atoms with Crippen molar-refractivity contribution in [2.24, 2.45) is 0 Å². The van der Waals surface area contributed by atoms with E-state index >= 15 is 0 Å². The molecular weight excluding hydrogens is 192 g/mol. The molecule has 1 aromatic carbocycles. The molecule has 4 nitrogen and oxygen atoms in total. The lowest BCUT2D eigenvalue weighted by atomic mass is 10.1. The van der Waals surface area contributed by atoms with Crippen molar-refractivity contribution in [2.75, 3.05) is 17.7 Å². The first-order valence-corrected chi connectivity index (χ1v) is 4.90. The topological polar surface area (TPSA) is 75.3 Å². The zero-order valence-electron chi connectivity index (χ0n) is 8.79. The smallest absolute Gasteiger partial charge is 0.224 e. The highest BCUT2D eigenvalue weighted by Crippen LogP contribution is 2.17. The van der Waals surface area contributed by atoms with E-state index in [1.807, 2.05) is 13.0 Å². The SMILES string of the molecule is Cc1cc(N)ccc1NC(=O)CCCO. The highest BCUT2D eigenvalue weighted by molar-refractivity contribution is 5.91. The lowest BCUT2D eigenvalue weighted by molar-refractivity contribution is -0.116. The summed E-state index contributed by atoms with van der Waals surface area (Å²) in [4.78, 5) is 11.4. The van der Waals surface area contributed by atoms with Gasteiger partial charge in [0.05, 0.1) is 0 Å². The number of nitrogen functional groups attached to an aromatic ring is 1. The number of nitrogens with one attached hydrogen (secondary N) is 1. The molecule has 1 rings (SSSR count). The van der Waals surface area contributed by atoms with Gasteiger partial charge in [0.25, 0.3) is 0 Å². The van der Waals surface area contributed by atoms with Gasteiger partial charge in [0.2, 0.25) is 5.91 Å². The number of aliphatic hydroxyl groups excluding tert-OH is 1. The molecule has 0 unspecified atom stereocenters. The Morgan fingerprint density at radius 3 is 2.87 bits per heavy atom. The predicted octanol–water partition coefficient (Wildman–Crippen LogP) is 1.29. The molecule has 0 aromatic heterocycles. The van der Waals surface area contributed by atoms with Gasteiger partial charge in [-0.3, -0.25) is 4.79 Å². The Kier molecular flexibility index (Phi) is 4.12. The van der Waals surface area contributed by atoms with Gasteiger partial charge in [-0.1, -0.05) is 0 Å². The minimum atomic E-state index is -0.0862. The Labute approximate surface area is 89.1 Å². The molecule has 0 heterocycles. The summed E-state index contributed by atoms with van der Waals surface area (Å²) in [5.74, 6) is -0.0862. The molecule has 4 heteroatoms. The number of aliphatic hydroxyl groups is 1. The number of carbonyl (C=O) groups excluding carboxylic acids is 1. The third-order valence-corrected chi connectivity index (χ3v) is 2.09. The molecule has 0 bridgehead atoms. The maximum atomic E-state index is 11.4. The van der Waals surface area contributed by atoms with Crippen LogP contribution in [0.15, 0.2) is 18.2 Å². The van der Waals surface area contributed by atoms with Gasteiger partial charge in [0, 0.05) is 24.4 Å². The van der Waals surface area contributed by atoms with Crippen molar-refractivity contribution in [2.45, 2.75) is 19.8 Å². The first-order chi connectivity index (χ1) is 7.13. The largest absolute Gasteiger partial charge is 0.399 e. The second kappa shape index (κ2) is 5.36. The average molecular weight is 208 g/mol. The van der Waals surface area contributed by atoms with Gasteiger partial charge in [-0.05, 0) is 37.1 Å². The quantitative estimate of drug-likeness (QED) is 0.652. The molecule has 1 amide bonds. The molecule has 1 aromatic rings. The lowest BCUT2D eigenvalue weighted by Crippen LogP contribution is -2.12. The summed E-state index contributed by atoms with van der Waals surface area (Å²) >= 11 is 0. The fraction of sp³-hybridized carbons (Fsp3) is 0.364. The van der Waals surface area contributed by atoms with Gasteiger partial charge >= 0.3 is 0 Å². The van der Waals surface area contributed by atoms with Crippen LogP contribution >= 0.6 is 0 Å². The van der Waals surface area contributed by atoms with Crippen LogP contribution in [0.2, 0.25) is 0 Å². The maximum Gasteiger partial charge on any atom is 0.224 e. The van der Waals surface area contributed by atoms with Gasteiger partial charge in [-0.25, -0.2) is 0 Å². The van der Waals surface area contributed by atoms with Gasteiger partial charge < -0.3 is 16.2 Å². The molecule has 0 saturated heterocycles. The van der Waals surface area contributed by atoms with Crippen molar-refractivity contribution in [3.63, 3.8) is 0 Å². The molecule has 0 radical (unpaired) electrons. The standard InChI is InChI=1S/C11H16N2O2/c1-8-7-9(12)4-5-10(8)13-11(15)3-2-6-14/h4-5,7,14H,2-3,6,12H2,1H3,(H,13,15). The van der Waals surface area contributed by atoms with Gasteiger partial charge in [0.15, 0.2) is 0 Å². The molecule has 0 atom stereocenters. The second-order valence-electron chi connectivity index (χ2n) is 3.45. The number of aryl methyl sites for hydroxylation is 1. The molecule has 82 valence electrons. The number of rotatable bonds is 4. The summed E-state index contributed by atoms with van der Waals surface area (Å²) in [7, 11) is 0. The molecule has 0 aliphatic heterocycles.